The molecule has 1 heterocycles. The van der Waals surface area contributed by atoms with E-state index in [0.29, 0.717) is 47.8 Å². The molecule has 1 saturated carbocycles. The van der Waals surface area contributed by atoms with Gasteiger partial charge in [0.25, 0.3) is 5.91 Å². The number of allylic oxidation sites excluding steroid dienone is 1. The molecule has 2 aliphatic carbocycles. The van der Waals surface area contributed by atoms with Crippen LogP contribution in [0.25, 0.3) is 0 Å². The monoisotopic (exact) mass is 835 g/mol. The molecule has 0 radical (unpaired) electrons. The van der Waals surface area contributed by atoms with E-state index in [9.17, 15) is 25.4 Å². The Hall–Kier alpha value is -5.03. The van der Waals surface area contributed by atoms with Crippen LogP contribution in [0.4, 0.5) is 0 Å². The van der Waals surface area contributed by atoms with Crippen molar-refractivity contribution < 1.29 is 43.9 Å². The number of hydrogen-bond donors (Lipinski definition) is 3. The van der Waals surface area contributed by atoms with Crippen LogP contribution in [-0.4, -0.2) is 96.5 Å². The SMILES string of the molecule is C=CCO[C@@]12Oc3ccc(Oc4ccc(C)c(C)c4)cc3[C@H]3[C@H](CCCCO)[C@@H](CCCCO)C=C(C(=NOCC)C[C@@H]1N(CCOCCO)C(=O)c1ccc(C#N)cc1)[C@H]32. The molecular formula is C49H61N3O9. The zero-order valence-corrected chi connectivity index (χ0v) is 35.8. The first-order valence-electron chi connectivity index (χ1n) is 21.7. The summed E-state index contributed by atoms with van der Waals surface area (Å²) >= 11 is 0. The first-order chi connectivity index (χ1) is 29.7. The smallest absolute Gasteiger partial charge is 0.254 e. The first-order valence-corrected chi connectivity index (χ1v) is 21.7. The lowest BCUT2D eigenvalue weighted by molar-refractivity contribution is -0.254. The fourth-order valence-electron chi connectivity index (χ4n) is 9.35. The number of nitriles is 1. The van der Waals surface area contributed by atoms with Crippen molar-refractivity contribution >= 4 is 11.6 Å². The second-order valence-electron chi connectivity index (χ2n) is 16.1. The van der Waals surface area contributed by atoms with Crippen LogP contribution in [0.3, 0.4) is 0 Å². The molecule has 0 aromatic heterocycles. The summed E-state index contributed by atoms with van der Waals surface area (Å²) in [5, 5.41) is 43.7. The molecule has 3 aromatic rings. The second kappa shape index (κ2) is 21.7. The van der Waals surface area contributed by atoms with Crippen molar-refractivity contribution in [3.05, 3.63) is 113 Å². The van der Waals surface area contributed by atoms with E-state index in [0.717, 1.165) is 48.1 Å². The molecule has 61 heavy (non-hydrogen) atoms. The number of rotatable bonds is 22. The van der Waals surface area contributed by atoms with Crippen LogP contribution in [0.2, 0.25) is 0 Å². The number of amides is 1. The van der Waals surface area contributed by atoms with Gasteiger partial charge in [-0.05, 0) is 130 Å². The summed E-state index contributed by atoms with van der Waals surface area (Å²) < 4.78 is 26.8. The minimum atomic E-state index is -1.47. The summed E-state index contributed by atoms with van der Waals surface area (Å²) in [5.41, 5.74) is 5.66. The highest BCUT2D eigenvalue weighted by Gasteiger charge is 2.65. The van der Waals surface area contributed by atoms with Gasteiger partial charge in [-0.25, -0.2) is 0 Å². The molecule has 0 unspecified atom stereocenters. The summed E-state index contributed by atoms with van der Waals surface area (Å²) in [6, 6.07) is 19.8. The molecule has 0 spiro atoms. The van der Waals surface area contributed by atoms with E-state index in [1.165, 1.54) is 5.56 Å². The van der Waals surface area contributed by atoms with Crippen molar-refractivity contribution in [3.63, 3.8) is 0 Å². The predicted octanol–water partition coefficient (Wildman–Crippen LogP) is 7.77. The molecular weight excluding hydrogens is 775 g/mol. The van der Waals surface area contributed by atoms with Crippen LogP contribution in [0.15, 0.2) is 90.1 Å². The van der Waals surface area contributed by atoms with Gasteiger partial charge in [0.1, 0.15) is 29.9 Å². The standard InChI is InChI=1S/C49H61N3O9/c1-5-25-58-49-45(52(21-26-57-27-24-55)48(56)36-16-14-35(32-50)15-17-36)31-43(51-59-6-2)41-29-37(11-7-9-22-53)40(12-8-10-23-54)46(47(41)49)42-30-39(19-20-44(42)61-49)60-38-18-13-33(3)34(4)28-38/h5,13-20,28-30,37,40,45-47,53-55H,1,6-12,21-27,31H2,2-4H3/t37-,40+,45-,46+,47+,49+/m0/s1. The Labute approximate surface area is 360 Å². The summed E-state index contributed by atoms with van der Waals surface area (Å²) in [7, 11) is 0. The molecule has 3 N–H and O–H groups in total. The number of unbranched alkanes of at least 4 members (excludes halogenated alkanes) is 2. The largest absolute Gasteiger partial charge is 0.459 e. The molecule has 326 valence electrons. The molecule has 6 rings (SSSR count). The zero-order valence-electron chi connectivity index (χ0n) is 35.8. The van der Waals surface area contributed by atoms with Crippen LogP contribution >= 0.6 is 0 Å². The number of aryl methyl sites for hydroxylation is 2. The summed E-state index contributed by atoms with van der Waals surface area (Å²) in [6.45, 7) is 10.8. The minimum Gasteiger partial charge on any atom is -0.459 e. The van der Waals surface area contributed by atoms with E-state index in [2.05, 4.69) is 38.6 Å². The summed E-state index contributed by atoms with van der Waals surface area (Å²) in [5.74, 6) is -0.429. The van der Waals surface area contributed by atoms with Gasteiger partial charge in [-0.1, -0.05) is 36.2 Å². The lowest BCUT2D eigenvalue weighted by Gasteiger charge is -2.60. The zero-order chi connectivity index (χ0) is 43.4. The van der Waals surface area contributed by atoms with Gasteiger partial charge in [-0.2, -0.15) is 5.26 Å². The van der Waals surface area contributed by atoms with Gasteiger partial charge in [-0.15, -0.1) is 6.58 Å². The van der Waals surface area contributed by atoms with Crippen LogP contribution in [0.1, 0.15) is 90.4 Å². The predicted molar refractivity (Wildman–Crippen MR) is 233 cm³/mol. The number of oxime groups is 1. The van der Waals surface area contributed by atoms with Gasteiger partial charge in [0, 0.05) is 43.2 Å². The lowest BCUT2D eigenvalue weighted by atomic mass is 9.55. The number of nitrogens with zero attached hydrogens (tertiary/aromatic N) is 3. The fraction of sp³-hybridized carbons (Fsp3) is 0.490. The molecule has 1 amide bonds. The Morgan fingerprint density at radius 2 is 1.70 bits per heavy atom. The number of aliphatic hydroxyl groups excluding tert-OH is 3. The molecule has 1 fully saturated rings. The van der Waals surface area contributed by atoms with Crippen molar-refractivity contribution in [2.45, 2.75) is 83.5 Å². The number of carbonyl (C=O) groups excluding carboxylic acids is 1. The highest BCUT2D eigenvalue weighted by atomic mass is 16.7. The van der Waals surface area contributed by atoms with Crippen molar-refractivity contribution in [2.24, 2.45) is 22.9 Å². The Balaban J connectivity index is 1.59. The summed E-state index contributed by atoms with van der Waals surface area (Å²) in [6.07, 6.45) is 8.74. The molecule has 3 aliphatic rings. The van der Waals surface area contributed by atoms with Gasteiger partial charge in [-0.3, -0.25) is 4.79 Å². The molecule has 0 saturated heterocycles. The number of benzene rings is 3. The van der Waals surface area contributed by atoms with Crippen LogP contribution < -0.4 is 9.47 Å². The van der Waals surface area contributed by atoms with Crippen LogP contribution in [0, 0.1) is 42.9 Å². The Kier molecular flexibility index (Phi) is 16.2. The number of aliphatic hydroxyl groups is 3. The quantitative estimate of drug-likeness (QED) is 0.0518. The van der Waals surface area contributed by atoms with Gasteiger partial charge in [0.05, 0.1) is 49.7 Å². The molecule has 3 aromatic carbocycles. The van der Waals surface area contributed by atoms with E-state index >= 15 is 0 Å². The van der Waals surface area contributed by atoms with Crippen molar-refractivity contribution in [1.82, 2.24) is 4.90 Å². The van der Waals surface area contributed by atoms with E-state index in [1.54, 1.807) is 35.2 Å². The van der Waals surface area contributed by atoms with Crippen molar-refractivity contribution in [2.75, 3.05) is 52.8 Å². The van der Waals surface area contributed by atoms with Crippen molar-refractivity contribution in [3.8, 4) is 23.3 Å². The average molecular weight is 836 g/mol. The Morgan fingerprint density at radius 3 is 2.39 bits per heavy atom. The van der Waals surface area contributed by atoms with E-state index in [-0.39, 0.29) is 76.3 Å². The van der Waals surface area contributed by atoms with Gasteiger partial charge in [0.2, 0.25) is 5.79 Å². The maximum absolute atomic E-state index is 15.0. The lowest BCUT2D eigenvalue weighted by Crippen LogP contribution is -2.70. The number of hydrogen-bond acceptors (Lipinski definition) is 11. The first kappa shape index (κ1) is 45.5. The highest BCUT2D eigenvalue weighted by Crippen LogP contribution is 2.62. The van der Waals surface area contributed by atoms with Crippen LogP contribution in [-0.2, 0) is 14.3 Å². The fourth-order valence-corrected chi connectivity index (χ4v) is 9.35. The van der Waals surface area contributed by atoms with Crippen molar-refractivity contribution in [1.29, 1.82) is 5.26 Å². The normalized spacial score (nSPS) is 23.2. The van der Waals surface area contributed by atoms with E-state index in [4.69, 9.17) is 28.9 Å². The third-order valence-corrected chi connectivity index (χ3v) is 12.3. The number of carbonyl (C=O) groups is 1. The Bertz CT molecular complexity index is 2060. The molecule has 0 bridgehead atoms. The van der Waals surface area contributed by atoms with Crippen LogP contribution in [0.5, 0.6) is 17.2 Å². The third-order valence-electron chi connectivity index (χ3n) is 12.3. The van der Waals surface area contributed by atoms with E-state index < -0.39 is 17.7 Å². The van der Waals surface area contributed by atoms with Gasteiger partial charge in [0.15, 0.2) is 0 Å². The number of fused-ring (bicyclic) bond motifs is 2. The maximum atomic E-state index is 15.0. The van der Waals surface area contributed by atoms with E-state index in [1.807, 2.05) is 37.3 Å². The average Bonchev–Trinajstić information content (AvgIpc) is 3.27. The Morgan fingerprint density at radius 1 is 0.967 bits per heavy atom. The van der Waals surface area contributed by atoms with Gasteiger partial charge >= 0.3 is 0 Å². The van der Waals surface area contributed by atoms with Gasteiger partial charge < -0.3 is 44.0 Å². The molecule has 6 atom stereocenters. The maximum Gasteiger partial charge on any atom is 0.254 e. The summed E-state index contributed by atoms with van der Waals surface area (Å²) in [4.78, 5) is 22.6. The topological polar surface area (TPSA) is 163 Å². The molecule has 12 heteroatoms. The highest BCUT2D eigenvalue weighted by molar-refractivity contribution is 6.03. The second-order valence-corrected chi connectivity index (χ2v) is 16.1. The molecule has 12 nitrogen and oxygen atoms in total. The number of ether oxygens (including phenoxy) is 4. The minimum absolute atomic E-state index is 0.0351. The third kappa shape index (κ3) is 10.2. The molecule has 1 aliphatic heterocycles.